The van der Waals surface area contributed by atoms with Crippen molar-refractivity contribution < 1.29 is 23.1 Å². The van der Waals surface area contributed by atoms with Crippen molar-refractivity contribution in [3.05, 3.63) is 95.6 Å². The fourth-order valence-corrected chi connectivity index (χ4v) is 5.62. The lowest BCUT2D eigenvalue weighted by molar-refractivity contribution is -0.137. The van der Waals surface area contributed by atoms with Gasteiger partial charge in [-0.25, -0.2) is 4.79 Å². The van der Waals surface area contributed by atoms with E-state index in [1.54, 1.807) is 12.1 Å². The molecule has 0 unspecified atom stereocenters. The molecule has 2 aliphatic rings. The molecule has 2 N–H and O–H groups in total. The summed E-state index contributed by atoms with van der Waals surface area (Å²) in [5, 5.41) is 14.9. The van der Waals surface area contributed by atoms with Gasteiger partial charge < -0.3 is 10.4 Å². The van der Waals surface area contributed by atoms with E-state index in [4.69, 9.17) is 0 Å². The molecule has 1 aliphatic carbocycles. The van der Waals surface area contributed by atoms with Crippen LogP contribution < -0.4 is 5.32 Å². The van der Waals surface area contributed by atoms with Crippen molar-refractivity contribution in [2.45, 2.75) is 31.0 Å². The third kappa shape index (κ3) is 4.16. The molecule has 6 rings (SSSR count). The first-order valence-corrected chi connectivity index (χ1v) is 12.1. The summed E-state index contributed by atoms with van der Waals surface area (Å²) in [5.41, 5.74) is 3.93. The van der Waals surface area contributed by atoms with Crippen LogP contribution in [0.15, 0.2) is 78.9 Å². The normalized spacial score (nSPS) is 21.2. The molecule has 0 radical (unpaired) electrons. The van der Waals surface area contributed by atoms with Crippen LogP contribution >= 0.6 is 0 Å². The van der Waals surface area contributed by atoms with Crippen LogP contribution in [0.3, 0.4) is 0 Å². The number of hydrogen-bond acceptors (Lipinski definition) is 2. The zero-order chi connectivity index (χ0) is 25.0. The van der Waals surface area contributed by atoms with Crippen molar-refractivity contribution >= 4 is 16.7 Å². The predicted octanol–water partition coefficient (Wildman–Crippen LogP) is 7.36. The number of nitrogens with one attached hydrogen (secondary N) is 1. The molecule has 3 nitrogen and oxygen atoms in total. The van der Waals surface area contributed by atoms with E-state index in [0.29, 0.717) is 23.4 Å². The fourth-order valence-electron chi connectivity index (χ4n) is 5.62. The summed E-state index contributed by atoms with van der Waals surface area (Å²) in [6.07, 6.45) is -2.03. The highest BCUT2D eigenvalue weighted by atomic mass is 19.4. The molecule has 36 heavy (non-hydrogen) atoms. The molecule has 4 aromatic carbocycles. The second kappa shape index (κ2) is 8.49. The molecule has 1 saturated carbocycles. The number of halogens is 3. The van der Waals surface area contributed by atoms with Gasteiger partial charge in [0, 0.05) is 6.04 Å². The average Bonchev–Trinajstić information content (AvgIpc) is 3.67. The summed E-state index contributed by atoms with van der Waals surface area (Å²) < 4.78 is 38.8. The summed E-state index contributed by atoms with van der Waals surface area (Å²) in [7, 11) is 0. The Morgan fingerprint density at radius 3 is 2.25 bits per heavy atom. The highest BCUT2D eigenvalue weighted by Crippen LogP contribution is 2.47. The standard InChI is InChI=1S/C30H24F3NO2/c31-30(32,33)23-8-5-17(6-9-23)20-7-10-24-21(13-20)14-22(29(35)36)15-26(24)19-3-1-18(2-4-19)25-11-12-34-28-16-27(25)28/h1-10,13-15,25,27-28,34H,11-12,16H2,(H,35,36)/t25-,27-,28-/m1/s1. The lowest BCUT2D eigenvalue weighted by Gasteiger charge is -2.23. The Bertz CT molecular complexity index is 1460. The maximum Gasteiger partial charge on any atom is 0.416 e. The lowest BCUT2D eigenvalue weighted by Crippen LogP contribution is -2.28. The largest absolute Gasteiger partial charge is 0.478 e. The highest BCUT2D eigenvalue weighted by molar-refractivity contribution is 6.04. The van der Waals surface area contributed by atoms with E-state index < -0.39 is 17.7 Å². The highest BCUT2D eigenvalue weighted by Gasteiger charge is 2.45. The molecular formula is C30H24F3NO2. The molecule has 1 heterocycles. The van der Waals surface area contributed by atoms with Gasteiger partial charge in [-0.1, -0.05) is 48.5 Å². The predicted molar refractivity (Wildman–Crippen MR) is 134 cm³/mol. The van der Waals surface area contributed by atoms with Gasteiger partial charge >= 0.3 is 12.1 Å². The number of alkyl halides is 3. The van der Waals surface area contributed by atoms with E-state index in [9.17, 15) is 23.1 Å². The number of benzene rings is 4. The van der Waals surface area contributed by atoms with Gasteiger partial charge in [0.25, 0.3) is 0 Å². The van der Waals surface area contributed by atoms with E-state index in [2.05, 4.69) is 29.6 Å². The maximum atomic E-state index is 12.9. The number of hydrogen-bond donors (Lipinski definition) is 2. The average molecular weight is 488 g/mol. The van der Waals surface area contributed by atoms with Crippen LogP contribution in [0.2, 0.25) is 0 Å². The first-order chi connectivity index (χ1) is 17.3. The number of fused-ring (bicyclic) bond motifs is 2. The second-order valence-electron chi connectivity index (χ2n) is 9.82. The Morgan fingerprint density at radius 2 is 1.56 bits per heavy atom. The van der Waals surface area contributed by atoms with Crippen LogP contribution in [0.4, 0.5) is 13.2 Å². The second-order valence-corrected chi connectivity index (χ2v) is 9.82. The van der Waals surface area contributed by atoms with Gasteiger partial charge in [-0.3, -0.25) is 0 Å². The molecule has 182 valence electrons. The first kappa shape index (κ1) is 22.8. The first-order valence-electron chi connectivity index (χ1n) is 12.1. The van der Waals surface area contributed by atoms with E-state index >= 15 is 0 Å². The minimum Gasteiger partial charge on any atom is -0.478 e. The number of aromatic carboxylic acids is 1. The minimum atomic E-state index is -4.39. The number of rotatable bonds is 4. The van der Waals surface area contributed by atoms with Crippen molar-refractivity contribution in [2.24, 2.45) is 5.92 Å². The molecule has 0 spiro atoms. The quantitative estimate of drug-likeness (QED) is 0.316. The summed E-state index contributed by atoms with van der Waals surface area (Å²) in [6, 6.07) is 23.0. The van der Waals surface area contributed by atoms with E-state index in [0.717, 1.165) is 52.6 Å². The van der Waals surface area contributed by atoms with Gasteiger partial charge in [0.2, 0.25) is 0 Å². The molecular weight excluding hydrogens is 463 g/mol. The molecule has 3 atom stereocenters. The number of carboxylic acid groups (broad SMARTS) is 1. The Balaban J connectivity index is 1.38. The Hall–Kier alpha value is -3.64. The zero-order valence-corrected chi connectivity index (χ0v) is 19.3. The van der Waals surface area contributed by atoms with Crippen LogP contribution in [0.25, 0.3) is 33.0 Å². The van der Waals surface area contributed by atoms with Gasteiger partial charge in [-0.15, -0.1) is 0 Å². The Kier molecular flexibility index (Phi) is 5.38. The van der Waals surface area contributed by atoms with Crippen molar-refractivity contribution in [3.8, 4) is 22.3 Å². The molecule has 1 aliphatic heterocycles. The molecule has 0 bridgehead atoms. The van der Waals surface area contributed by atoms with Gasteiger partial charge in [-0.05, 0) is 100 Å². The summed E-state index contributed by atoms with van der Waals surface area (Å²) >= 11 is 0. The van der Waals surface area contributed by atoms with Gasteiger partial charge in [-0.2, -0.15) is 13.2 Å². The van der Waals surface area contributed by atoms with Crippen molar-refractivity contribution in [3.63, 3.8) is 0 Å². The third-order valence-corrected chi connectivity index (χ3v) is 7.61. The van der Waals surface area contributed by atoms with Crippen molar-refractivity contribution in [1.82, 2.24) is 5.32 Å². The van der Waals surface area contributed by atoms with E-state index in [-0.39, 0.29) is 5.56 Å². The number of carboxylic acids is 1. The molecule has 0 aromatic heterocycles. The van der Waals surface area contributed by atoms with Gasteiger partial charge in [0.15, 0.2) is 0 Å². The SMILES string of the molecule is O=C(O)c1cc(-c2ccc([C@H]3CCN[C@@H]4C[C@H]34)cc2)c2ccc(-c3ccc(C(F)(F)F)cc3)cc2c1. The van der Waals surface area contributed by atoms with Gasteiger partial charge in [0.1, 0.15) is 0 Å². The molecule has 6 heteroatoms. The van der Waals surface area contributed by atoms with Crippen LogP contribution in [0, 0.1) is 5.92 Å². The monoisotopic (exact) mass is 487 g/mol. The summed E-state index contributed by atoms with van der Waals surface area (Å²) in [6.45, 7) is 1.04. The smallest absolute Gasteiger partial charge is 0.416 e. The van der Waals surface area contributed by atoms with Crippen LogP contribution in [0.5, 0.6) is 0 Å². The lowest BCUT2D eigenvalue weighted by atomic mass is 9.87. The number of piperidine rings is 1. The Labute approximate surface area is 206 Å². The fraction of sp³-hybridized carbons (Fsp3) is 0.233. The minimum absolute atomic E-state index is 0.172. The zero-order valence-electron chi connectivity index (χ0n) is 19.3. The van der Waals surface area contributed by atoms with Crippen LogP contribution in [-0.4, -0.2) is 23.7 Å². The maximum absolute atomic E-state index is 12.9. The Morgan fingerprint density at radius 1 is 0.861 bits per heavy atom. The topological polar surface area (TPSA) is 49.3 Å². The van der Waals surface area contributed by atoms with Crippen molar-refractivity contribution in [1.29, 1.82) is 0 Å². The molecule has 4 aromatic rings. The molecule has 1 saturated heterocycles. The summed E-state index contributed by atoms with van der Waals surface area (Å²) in [4.78, 5) is 11.9. The van der Waals surface area contributed by atoms with E-state index in [1.807, 2.05) is 18.2 Å². The number of carbonyl (C=O) groups is 1. The summed E-state index contributed by atoms with van der Waals surface area (Å²) in [5.74, 6) is 0.257. The molecule has 2 fully saturated rings. The molecule has 0 amide bonds. The third-order valence-electron chi connectivity index (χ3n) is 7.61. The van der Waals surface area contributed by atoms with Crippen LogP contribution in [0.1, 0.15) is 40.2 Å². The van der Waals surface area contributed by atoms with Gasteiger partial charge in [0.05, 0.1) is 11.1 Å². The van der Waals surface area contributed by atoms with Crippen LogP contribution in [-0.2, 0) is 6.18 Å². The van der Waals surface area contributed by atoms with Crippen molar-refractivity contribution in [2.75, 3.05) is 6.54 Å². The van der Waals surface area contributed by atoms with E-state index in [1.165, 1.54) is 24.1 Å².